The average molecular weight is 467 g/mol. The molecule has 2 aliphatic rings. The lowest BCUT2D eigenvalue weighted by molar-refractivity contribution is 0.0888. The van der Waals surface area contributed by atoms with Crippen LogP contribution in [0.3, 0.4) is 0 Å². The molecule has 0 aromatic carbocycles. The minimum atomic E-state index is 0. The van der Waals surface area contributed by atoms with Crippen LogP contribution in [0, 0.1) is 17.8 Å². The standard InChI is InChI=1S/C19H37N3O2.HI/c1-3-16-5-7-17(8-6-16)13-22-19(20-2)21-10-4-11-23-14-18-9-12-24-15-18;/h16-18H,3-15H2,1-2H3,(H2,20,21,22);1H. The third-order valence-electron chi connectivity index (χ3n) is 5.46. The highest BCUT2D eigenvalue weighted by Crippen LogP contribution is 2.29. The third-order valence-corrected chi connectivity index (χ3v) is 5.46. The first-order chi connectivity index (χ1) is 11.8. The molecule has 1 unspecified atom stereocenters. The molecule has 0 bridgehead atoms. The first kappa shape index (κ1) is 23.0. The zero-order valence-electron chi connectivity index (χ0n) is 16.1. The molecule has 2 rings (SSSR count). The van der Waals surface area contributed by atoms with E-state index in [-0.39, 0.29) is 24.0 Å². The fourth-order valence-electron chi connectivity index (χ4n) is 3.65. The number of aliphatic imine (C=N–C) groups is 1. The molecule has 0 aromatic rings. The second-order valence-electron chi connectivity index (χ2n) is 7.33. The molecular formula is C19H38IN3O2. The molecule has 1 heterocycles. The van der Waals surface area contributed by atoms with Gasteiger partial charge in [-0.15, -0.1) is 24.0 Å². The molecule has 5 nitrogen and oxygen atoms in total. The minimum Gasteiger partial charge on any atom is -0.381 e. The summed E-state index contributed by atoms with van der Waals surface area (Å²) in [6.07, 6.45) is 9.03. The van der Waals surface area contributed by atoms with Crippen LogP contribution in [0.1, 0.15) is 51.9 Å². The van der Waals surface area contributed by atoms with Crippen LogP contribution >= 0.6 is 24.0 Å². The molecule has 6 heteroatoms. The second-order valence-corrected chi connectivity index (χ2v) is 7.33. The van der Waals surface area contributed by atoms with Gasteiger partial charge in [0.15, 0.2) is 5.96 Å². The molecule has 1 atom stereocenters. The number of hydrogen-bond donors (Lipinski definition) is 2. The number of halogens is 1. The quantitative estimate of drug-likeness (QED) is 0.236. The summed E-state index contributed by atoms with van der Waals surface area (Å²) < 4.78 is 11.1. The van der Waals surface area contributed by atoms with Gasteiger partial charge in [-0.05, 0) is 37.5 Å². The summed E-state index contributed by atoms with van der Waals surface area (Å²) in [6.45, 7) is 7.69. The smallest absolute Gasteiger partial charge is 0.190 e. The molecule has 2 N–H and O–H groups in total. The number of hydrogen-bond acceptors (Lipinski definition) is 3. The summed E-state index contributed by atoms with van der Waals surface area (Å²) in [7, 11) is 1.85. The Balaban J connectivity index is 0.00000312. The van der Waals surface area contributed by atoms with Crippen molar-refractivity contribution in [3.05, 3.63) is 0 Å². The van der Waals surface area contributed by atoms with Gasteiger partial charge in [0.1, 0.15) is 0 Å². The second kappa shape index (κ2) is 14.0. The topological polar surface area (TPSA) is 54.9 Å². The molecule has 1 saturated heterocycles. The fourth-order valence-corrected chi connectivity index (χ4v) is 3.65. The van der Waals surface area contributed by atoms with E-state index >= 15 is 0 Å². The Bertz CT molecular complexity index is 355. The van der Waals surface area contributed by atoms with Crippen LogP contribution in [0.25, 0.3) is 0 Å². The van der Waals surface area contributed by atoms with Crippen molar-refractivity contribution in [2.24, 2.45) is 22.7 Å². The van der Waals surface area contributed by atoms with E-state index in [1.54, 1.807) is 0 Å². The van der Waals surface area contributed by atoms with E-state index in [4.69, 9.17) is 9.47 Å². The Kier molecular flexibility index (Phi) is 12.9. The van der Waals surface area contributed by atoms with Gasteiger partial charge >= 0.3 is 0 Å². The normalized spacial score (nSPS) is 27.0. The van der Waals surface area contributed by atoms with Crippen LogP contribution in [0.15, 0.2) is 4.99 Å². The van der Waals surface area contributed by atoms with Crippen molar-refractivity contribution >= 4 is 29.9 Å². The highest BCUT2D eigenvalue weighted by Gasteiger charge is 2.20. The van der Waals surface area contributed by atoms with Crippen molar-refractivity contribution in [3.8, 4) is 0 Å². The Labute approximate surface area is 171 Å². The van der Waals surface area contributed by atoms with E-state index in [1.807, 2.05) is 7.05 Å². The molecule has 25 heavy (non-hydrogen) atoms. The Morgan fingerprint density at radius 3 is 2.48 bits per heavy atom. The van der Waals surface area contributed by atoms with Crippen molar-refractivity contribution in [2.45, 2.75) is 51.9 Å². The zero-order chi connectivity index (χ0) is 17.0. The van der Waals surface area contributed by atoms with Gasteiger partial charge in [-0.25, -0.2) is 0 Å². The Morgan fingerprint density at radius 1 is 1.08 bits per heavy atom. The lowest BCUT2D eigenvalue weighted by Gasteiger charge is -2.28. The first-order valence-corrected chi connectivity index (χ1v) is 9.91. The lowest BCUT2D eigenvalue weighted by atomic mass is 9.81. The summed E-state index contributed by atoms with van der Waals surface area (Å²) in [6, 6.07) is 0. The Morgan fingerprint density at radius 2 is 1.84 bits per heavy atom. The van der Waals surface area contributed by atoms with E-state index in [0.29, 0.717) is 5.92 Å². The zero-order valence-corrected chi connectivity index (χ0v) is 18.4. The maximum atomic E-state index is 5.73. The van der Waals surface area contributed by atoms with Crippen LogP contribution < -0.4 is 10.6 Å². The van der Waals surface area contributed by atoms with Gasteiger partial charge in [0.25, 0.3) is 0 Å². The van der Waals surface area contributed by atoms with Crippen molar-refractivity contribution in [1.29, 1.82) is 0 Å². The highest BCUT2D eigenvalue weighted by molar-refractivity contribution is 14.0. The van der Waals surface area contributed by atoms with E-state index in [9.17, 15) is 0 Å². The van der Waals surface area contributed by atoms with Gasteiger partial charge in [-0.3, -0.25) is 4.99 Å². The van der Waals surface area contributed by atoms with E-state index in [0.717, 1.165) is 70.2 Å². The summed E-state index contributed by atoms with van der Waals surface area (Å²) in [5.41, 5.74) is 0. The molecule has 2 fully saturated rings. The molecule has 0 radical (unpaired) electrons. The van der Waals surface area contributed by atoms with E-state index in [2.05, 4.69) is 22.5 Å². The molecule has 0 spiro atoms. The average Bonchev–Trinajstić information content (AvgIpc) is 3.14. The lowest BCUT2D eigenvalue weighted by Crippen LogP contribution is -2.41. The predicted octanol–water partition coefficient (Wildman–Crippen LogP) is 3.43. The van der Waals surface area contributed by atoms with Gasteiger partial charge in [-0.2, -0.15) is 0 Å². The monoisotopic (exact) mass is 467 g/mol. The first-order valence-electron chi connectivity index (χ1n) is 9.91. The van der Waals surface area contributed by atoms with Crippen LogP contribution in [0.2, 0.25) is 0 Å². The summed E-state index contributed by atoms with van der Waals surface area (Å²) in [4.78, 5) is 4.32. The third kappa shape index (κ3) is 9.43. The van der Waals surface area contributed by atoms with Gasteiger partial charge in [0.2, 0.25) is 0 Å². The van der Waals surface area contributed by atoms with Gasteiger partial charge in [0, 0.05) is 39.3 Å². The largest absolute Gasteiger partial charge is 0.381 e. The molecule has 0 aromatic heterocycles. The van der Waals surface area contributed by atoms with Crippen molar-refractivity contribution in [1.82, 2.24) is 10.6 Å². The van der Waals surface area contributed by atoms with Crippen LogP contribution in [0.4, 0.5) is 0 Å². The molecule has 148 valence electrons. The van der Waals surface area contributed by atoms with Crippen LogP contribution in [0.5, 0.6) is 0 Å². The highest BCUT2D eigenvalue weighted by atomic mass is 127. The number of nitrogens with zero attached hydrogens (tertiary/aromatic N) is 1. The summed E-state index contributed by atoms with van der Waals surface area (Å²) >= 11 is 0. The maximum Gasteiger partial charge on any atom is 0.190 e. The Hall–Kier alpha value is -0.0800. The molecule has 1 saturated carbocycles. The number of guanidine groups is 1. The van der Waals surface area contributed by atoms with E-state index < -0.39 is 0 Å². The van der Waals surface area contributed by atoms with Crippen molar-refractivity contribution in [2.75, 3.05) is 46.6 Å². The van der Waals surface area contributed by atoms with Gasteiger partial charge in [-0.1, -0.05) is 26.2 Å². The predicted molar refractivity (Wildman–Crippen MR) is 115 cm³/mol. The van der Waals surface area contributed by atoms with Crippen molar-refractivity contribution < 1.29 is 9.47 Å². The molecular weight excluding hydrogens is 429 g/mol. The number of rotatable bonds is 9. The van der Waals surface area contributed by atoms with Crippen molar-refractivity contribution in [3.63, 3.8) is 0 Å². The fraction of sp³-hybridized carbons (Fsp3) is 0.947. The van der Waals surface area contributed by atoms with Crippen LogP contribution in [-0.2, 0) is 9.47 Å². The van der Waals surface area contributed by atoms with E-state index in [1.165, 1.54) is 32.1 Å². The summed E-state index contributed by atoms with van der Waals surface area (Å²) in [5.74, 6) is 3.31. The summed E-state index contributed by atoms with van der Waals surface area (Å²) in [5, 5.41) is 6.88. The minimum absolute atomic E-state index is 0. The number of ether oxygens (including phenoxy) is 2. The van der Waals surface area contributed by atoms with Gasteiger partial charge in [0.05, 0.1) is 13.2 Å². The molecule has 1 aliphatic carbocycles. The van der Waals surface area contributed by atoms with Gasteiger partial charge < -0.3 is 20.1 Å². The van der Waals surface area contributed by atoms with Crippen LogP contribution in [-0.4, -0.2) is 52.5 Å². The molecule has 0 amide bonds. The SMILES string of the molecule is CCC1CCC(CNC(=NC)NCCCOCC2CCOC2)CC1.I. The maximum absolute atomic E-state index is 5.73. The number of nitrogens with one attached hydrogen (secondary N) is 2. The molecule has 1 aliphatic heterocycles.